The van der Waals surface area contributed by atoms with Gasteiger partial charge in [0.1, 0.15) is 24.2 Å². The lowest BCUT2D eigenvalue weighted by Gasteiger charge is -2.38. The third kappa shape index (κ3) is 3.78. The number of ether oxygens (including phenoxy) is 2. The van der Waals surface area contributed by atoms with Crippen LogP contribution in [0.5, 0.6) is 0 Å². The zero-order valence-electron chi connectivity index (χ0n) is 20.7. The van der Waals surface area contributed by atoms with Gasteiger partial charge >= 0.3 is 5.97 Å². The highest BCUT2D eigenvalue weighted by Crippen LogP contribution is 2.64. The number of carbonyl (C=O) groups is 3. The number of esters is 1. The molecule has 0 radical (unpaired) electrons. The van der Waals surface area contributed by atoms with E-state index in [1.807, 2.05) is 6.92 Å². The summed E-state index contributed by atoms with van der Waals surface area (Å²) in [7, 11) is 0. The quantitative estimate of drug-likeness (QED) is 0.379. The Labute approximate surface area is 216 Å². The first-order chi connectivity index (χ1) is 17.2. The fraction of sp³-hybridized carbons (Fsp3) is 0.519. The lowest BCUT2D eigenvalue weighted by atomic mass is 9.65. The maximum atomic E-state index is 14.4. The molecule has 3 saturated heterocycles. The molecule has 2 unspecified atom stereocenters. The Hall–Kier alpha value is -2.68. The van der Waals surface area contributed by atoms with Gasteiger partial charge in [-0.25, -0.2) is 0 Å². The summed E-state index contributed by atoms with van der Waals surface area (Å²) in [6, 6.07) is 5.22. The number of likely N-dealkylation sites (tertiary alicyclic amines) is 1. The number of carbonyl (C=O) groups excluding carboxylic acids is 3. The molecule has 194 valence electrons. The summed E-state index contributed by atoms with van der Waals surface area (Å²) in [5, 5.41) is 10.4. The Bertz CT molecular complexity index is 1080. The molecule has 2 bridgehead atoms. The summed E-state index contributed by atoms with van der Waals surface area (Å²) in [6.07, 6.45) is 4.49. The number of hydrogen-bond acceptors (Lipinski definition) is 6. The predicted molar refractivity (Wildman–Crippen MR) is 135 cm³/mol. The molecule has 36 heavy (non-hydrogen) atoms. The molecule has 1 aromatic carbocycles. The molecule has 8 nitrogen and oxygen atoms in total. The third-order valence-corrected chi connectivity index (χ3v) is 8.23. The predicted octanol–water partition coefficient (Wildman–Crippen LogP) is 3.12. The highest BCUT2D eigenvalue weighted by molar-refractivity contribution is 6.34. The van der Waals surface area contributed by atoms with E-state index in [1.165, 1.54) is 15.9 Å². The van der Waals surface area contributed by atoms with Crippen LogP contribution >= 0.6 is 11.6 Å². The maximum Gasteiger partial charge on any atom is 0.313 e. The van der Waals surface area contributed by atoms with E-state index >= 15 is 0 Å². The second-order valence-electron chi connectivity index (χ2n) is 9.72. The second kappa shape index (κ2) is 10.00. The largest absolute Gasteiger partial charge is 0.461 e. The molecule has 3 aliphatic rings. The van der Waals surface area contributed by atoms with Gasteiger partial charge in [-0.3, -0.25) is 14.4 Å². The van der Waals surface area contributed by atoms with E-state index in [9.17, 15) is 19.5 Å². The highest BCUT2D eigenvalue weighted by Gasteiger charge is 2.79. The topological polar surface area (TPSA) is 96.4 Å². The summed E-state index contributed by atoms with van der Waals surface area (Å²) in [5.74, 6) is -3.07. The molecule has 3 heterocycles. The van der Waals surface area contributed by atoms with Crippen molar-refractivity contribution in [3.63, 3.8) is 0 Å². The lowest BCUT2D eigenvalue weighted by molar-refractivity contribution is -0.161. The van der Waals surface area contributed by atoms with Gasteiger partial charge in [0.15, 0.2) is 0 Å². The van der Waals surface area contributed by atoms with E-state index in [0.717, 1.165) is 0 Å². The summed E-state index contributed by atoms with van der Waals surface area (Å²) in [5.41, 5.74) is -1.65. The van der Waals surface area contributed by atoms with Gasteiger partial charge < -0.3 is 24.4 Å². The summed E-state index contributed by atoms with van der Waals surface area (Å²) >= 11 is 6.46. The smallest absolute Gasteiger partial charge is 0.313 e. The van der Waals surface area contributed by atoms with Gasteiger partial charge in [0.2, 0.25) is 5.91 Å². The van der Waals surface area contributed by atoms with Crippen molar-refractivity contribution in [3.05, 3.63) is 54.6 Å². The Morgan fingerprint density at radius 3 is 2.67 bits per heavy atom. The number of para-hydroxylation sites is 1. The van der Waals surface area contributed by atoms with Crippen LogP contribution in [0, 0.1) is 11.8 Å². The molecular formula is C27H33ClN2O6. The van der Waals surface area contributed by atoms with Gasteiger partial charge in [-0.1, -0.05) is 49.4 Å². The Morgan fingerprint density at radius 2 is 2.06 bits per heavy atom. The van der Waals surface area contributed by atoms with E-state index < -0.39 is 47.0 Å². The van der Waals surface area contributed by atoms with Crippen LogP contribution in [-0.2, 0) is 23.9 Å². The third-order valence-electron chi connectivity index (χ3n) is 7.91. The van der Waals surface area contributed by atoms with E-state index in [0.29, 0.717) is 30.0 Å². The van der Waals surface area contributed by atoms with Gasteiger partial charge in [0.05, 0.1) is 34.9 Å². The molecule has 2 amide bonds. The lowest BCUT2D eigenvalue weighted by Crippen LogP contribution is -2.58. The number of aliphatic hydroxyl groups is 1. The van der Waals surface area contributed by atoms with Crippen molar-refractivity contribution in [2.45, 2.75) is 56.4 Å². The minimum Gasteiger partial charge on any atom is -0.461 e. The fourth-order valence-electron chi connectivity index (χ4n) is 6.34. The first kappa shape index (κ1) is 26.4. The van der Waals surface area contributed by atoms with Crippen molar-refractivity contribution in [2.24, 2.45) is 11.8 Å². The normalized spacial score (nSPS) is 31.2. The van der Waals surface area contributed by atoms with E-state index in [-0.39, 0.29) is 25.7 Å². The standard InChI is InChI=1S/C27H33ClN2O6/c1-5-14-29(19-11-9-8-10-18(19)28)24(33)22-27-13-12-26(7-3,36-27)21(25(34)35-15-6-2)20(27)23(32)30(22)17(4)16-31/h5-6,8-11,17,20-22,31H,1-2,7,12-16H2,3-4H3/t17-,20+,21+,22?,26-,27?/m1/s1. The second-order valence-corrected chi connectivity index (χ2v) is 10.1. The number of nitrogens with zero attached hydrogens (tertiary/aromatic N) is 2. The van der Waals surface area contributed by atoms with Gasteiger partial charge in [0.25, 0.3) is 5.91 Å². The van der Waals surface area contributed by atoms with Crippen molar-refractivity contribution in [1.29, 1.82) is 0 Å². The molecule has 6 atom stereocenters. The van der Waals surface area contributed by atoms with Crippen LogP contribution in [0.3, 0.4) is 0 Å². The molecule has 9 heteroatoms. The van der Waals surface area contributed by atoms with Crippen LogP contribution in [0.15, 0.2) is 49.6 Å². The fourth-order valence-corrected chi connectivity index (χ4v) is 6.58. The van der Waals surface area contributed by atoms with Crippen molar-refractivity contribution in [2.75, 3.05) is 24.7 Å². The van der Waals surface area contributed by atoms with Crippen LogP contribution in [-0.4, -0.2) is 70.8 Å². The summed E-state index contributed by atoms with van der Waals surface area (Å²) < 4.78 is 12.1. The van der Waals surface area contributed by atoms with Gasteiger partial charge in [-0.15, -0.1) is 6.58 Å². The Kier molecular flexibility index (Phi) is 7.33. The summed E-state index contributed by atoms with van der Waals surface area (Å²) in [6.45, 7) is 10.8. The van der Waals surface area contributed by atoms with Crippen molar-refractivity contribution in [1.82, 2.24) is 4.90 Å². The zero-order chi connectivity index (χ0) is 26.3. The highest BCUT2D eigenvalue weighted by atomic mass is 35.5. The SMILES string of the molecule is C=CCOC(=O)[C@@H]1[C@H]2C(=O)N([C@H](C)CO)C(C(=O)N(CC=C)c3ccccc3Cl)C23CC[C@@]1(CC)O3. The number of hydrogen-bond donors (Lipinski definition) is 1. The minimum absolute atomic E-state index is 0.0156. The van der Waals surface area contributed by atoms with E-state index in [2.05, 4.69) is 13.2 Å². The van der Waals surface area contributed by atoms with Gasteiger partial charge in [-0.2, -0.15) is 0 Å². The first-order valence-electron chi connectivity index (χ1n) is 12.3. The molecule has 0 aliphatic carbocycles. The molecule has 1 N–H and O–H groups in total. The number of benzene rings is 1. The number of aliphatic hydroxyl groups excluding tert-OH is 1. The van der Waals surface area contributed by atoms with Crippen LogP contribution < -0.4 is 4.90 Å². The molecule has 3 fully saturated rings. The Morgan fingerprint density at radius 1 is 1.33 bits per heavy atom. The summed E-state index contributed by atoms with van der Waals surface area (Å²) in [4.78, 5) is 44.5. The molecule has 0 saturated carbocycles. The molecule has 1 spiro atoms. The number of anilines is 1. The monoisotopic (exact) mass is 516 g/mol. The molecule has 4 rings (SSSR count). The van der Waals surface area contributed by atoms with Gasteiger partial charge in [-0.05, 0) is 38.3 Å². The van der Waals surface area contributed by atoms with E-state index in [4.69, 9.17) is 21.1 Å². The molecule has 1 aromatic rings. The maximum absolute atomic E-state index is 14.4. The number of rotatable bonds is 10. The van der Waals surface area contributed by atoms with Crippen LogP contribution in [0.2, 0.25) is 5.02 Å². The molecule has 0 aromatic heterocycles. The average molecular weight is 517 g/mol. The number of amides is 2. The van der Waals surface area contributed by atoms with Crippen LogP contribution in [0.4, 0.5) is 5.69 Å². The number of fused-ring (bicyclic) bond motifs is 1. The average Bonchev–Trinajstić information content (AvgIpc) is 3.49. The molecular weight excluding hydrogens is 484 g/mol. The van der Waals surface area contributed by atoms with Crippen molar-refractivity contribution < 1.29 is 29.0 Å². The van der Waals surface area contributed by atoms with Gasteiger partial charge in [0, 0.05) is 6.54 Å². The number of halogens is 1. The van der Waals surface area contributed by atoms with Crippen LogP contribution in [0.1, 0.15) is 33.1 Å². The minimum atomic E-state index is -1.23. The van der Waals surface area contributed by atoms with Crippen molar-refractivity contribution in [3.8, 4) is 0 Å². The zero-order valence-corrected chi connectivity index (χ0v) is 21.4. The molecule has 3 aliphatic heterocycles. The first-order valence-corrected chi connectivity index (χ1v) is 12.7. The van der Waals surface area contributed by atoms with Crippen LogP contribution in [0.25, 0.3) is 0 Å². The van der Waals surface area contributed by atoms with E-state index in [1.54, 1.807) is 37.3 Å². The van der Waals surface area contributed by atoms with Crippen molar-refractivity contribution >= 4 is 35.1 Å². The Balaban J connectivity index is 1.84.